The van der Waals surface area contributed by atoms with Crippen molar-refractivity contribution in [2.24, 2.45) is 0 Å². The summed E-state index contributed by atoms with van der Waals surface area (Å²) in [6, 6.07) is 13.2. The Hall–Kier alpha value is -1.69. The zero-order chi connectivity index (χ0) is 16.1. The van der Waals surface area contributed by atoms with Gasteiger partial charge in [-0.15, -0.1) is 11.3 Å². The number of fused-ring (bicyclic) bond motifs is 1. The fourth-order valence-corrected chi connectivity index (χ4v) is 4.12. The van der Waals surface area contributed by atoms with Gasteiger partial charge in [-0.3, -0.25) is 4.79 Å². The van der Waals surface area contributed by atoms with E-state index in [9.17, 15) is 4.79 Å². The van der Waals surface area contributed by atoms with Crippen molar-refractivity contribution < 1.29 is 14.4 Å². The van der Waals surface area contributed by atoms with Crippen molar-refractivity contribution in [3.05, 3.63) is 57.8 Å². The van der Waals surface area contributed by atoms with E-state index >= 15 is 0 Å². The summed E-state index contributed by atoms with van der Waals surface area (Å²) in [5, 5.41) is 5.12. The molecule has 0 spiro atoms. The SMILES string of the molecule is COCC(=O)NC[C@@H](c1cccs1)[NH+]1CCc2ccccc2C1. The van der Waals surface area contributed by atoms with Gasteiger partial charge in [-0.1, -0.05) is 30.3 Å². The number of benzene rings is 1. The van der Waals surface area contributed by atoms with Crippen LogP contribution in [0.2, 0.25) is 0 Å². The minimum atomic E-state index is -0.0501. The van der Waals surface area contributed by atoms with E-state index in [-0.39, 0.29) is 12.5 Å². The van der Waals surface area contributed by atoms with Crippen LogP contribution in [0.15, 0.2) is 41.8 Å². The first-order valence-corrected chi connectivity index (χ1v) is 8.86. The Morgan fingerprint density at radius 3 is 2.87 bits per heavy atom. The normalized spacial score (nSPS) is 18.2. The predicted octanol–water partition coefficient (Wildman–Crippen LogP) is 1.19. The molecule has 5 heteroatoms. The van der Waals surface area contributed by atoms with E-state index in [1.54, 1.807) is 18.4 Å². The highest BCUT2D eigenvalue weighted by atomic mass is 32.1. The number of methoxy groups -OCH3 is 1. The lowest BCUT2D eigenvalue weighted by atomic mass is 9.98. The fraction of sp³-hybridized carbons (Fsp3) is 0.389. The van der Waals surface area contributed by atoms with Gasteiger partial charge in [0.15, 0.2) is 0 Å². The van der Waals surface area contributed by atoms with Crippen LogP contribution in [0.5, 0.6) is 0 Å². The number of carbonyl (C=O) groups is 1. The molecule has 2 aromatic rings. The topological polar surface area (TPSA) is 42.8 Å². The molecule has 122 valence electrons. The average Bonchev–Trinajstić information content (AvgIpc) is 3.09. The Kier molecular flexibility index (Phi) is 5.43. The summed E-state index contributed by atoms with van der Waals surface area (Å²) in [5.41, 5.74) is 2.89. The van der Waals surface area contributed by atoms with E-state index < -0.39 is 0 Å². The highest BCUT2D eigenvalue weighted by Crippen LogP contribution is 2.18. The molecule has 1 aliphatic heterocycles. The molecule has 0 radical (unpaired) electrons. The Labute approximate surface area is 141 Å². The van der Waals surface area contributed by atoms with E-state index in [0.717, 1.165) is 19.5 Å². The number of ether oxygens (including phenoxy) is 1. The zero-order valence-electron chi connectivity index (χ0n) is 13.4. The van der Waals surface area contributed by atoms with Gasteiger partial charge < -0.3 is 15.0 Å². The van der Waals surface area contributed by atoms with Gasteiger partial charge >= 0.3 is 0 Å². The second-order valence-electron chi connectivity index (χ2n) is 5.91. The van der Waals surface area contributed by atoms with Crippen molar-refractivity contribution in [1.29, 1.82) is 0 Å². The Morgan fingerprint density at radius 2 is 2.13 bits per heavy atom. The lowest BCUT2D eigenvalue weighted by molar-refractivity contribution is -0.945. The van der Waals surface area contributed by atoms with Crippen molar-refractivity contribution in [2.45, 2.75) is 19.0 Å². The van der Waals surface area contributed by atoms with Crippen molar-refractivity contribution in [3.8, 4) is 0 Å². The van der Waals surface area contributed by atoms with E-state index in [2.05, 4.69) is 47.1 Å². The molecular weight excluding hydrogens is 308 g/mol. The predicted molar refractivity (Wildman–Crippen MR) is 91.6 cm³/mol. The fourth-order valence-electron chi connectivity index (χ4n) is 3.23. The molecule has 1 aromatic heterocycles. The third kappa shape index (κ3) is 3.99. The summed E-state index contributed by atoms with van der Waals surface area (Å²) in [6.45, 7) is 2.88. The minimum absolute atomic E-state index is 0.0501. The molecule has 0 aliphatic carbocycles. The Bertz CT molecular complexity index is 642. The van der Waals surface area contributed by atoms with Crippen LogP contribution in [0.25, 0.3) is 0 Å². The molecule has 2 heterocycles. The number of quaternary nitrogens is 1. The maximum Gasteiger partial charge on any atom is 0.246 e. The lowest BCUT2D eigenvalue weighted by Crippen LogP contribution is -3.12. The van der Waals surface area contributed by atoms with Crippen LogP contribution >= 0.6 is 11.3 Å². The van der Waals surface area contributed by atoms with Gasteiger partial charge in [0.05, 0.1) is 18.0 Å². The number of nitrogens with one attached hydrogen (secondary N) is 2. The molecule has 1 aliphatic rings. The largest absolute Gasteiger partial charge is 0.375 e. The Balaban J connectivity index is 1.73. The maximum absolute atomic E-state index is 11.8. The Morgan fingerprint density at radius 1 is 1.30 bits per heavy atom. The van der Waals surface area contributed by atoms with Crippen LogP contribution in [0.1, 0.15) is 22.0 Å². The molecule has 0 fully saturated rings. The van der Waals surface area contributed by atoms with Gasteiger partial charge in [-0.05, 0) is 17.0 Å². The van der Waals surface area contributed by atoms with Crippen molar-refractivity contribution >= 4 is 17.2 Å². The molecule has 2 atom stereocenters. The number of hydrogen-bond acceptors (Lipinski definition) is 3. The van der Waals surface area contributed by atoms with Crippen LogP contribution in [0.4, 0.5) is 0 Å². The standard InChI is InChI=1S/C18H22N2O2S/c1-22-13-18(21)19-11-16(17-7-4-10-23-17)20-9-8-14-5-2-3-6-15(14)12-20/h2-7,10,16H,8-9,11-13H2,1H3,(H,19,21)/p+1/t16-/m0/s1. The van der Waals surface area contributed by atoms with Crippen molar-refractivity contribution in [3.63, 3.8) is 0 Å². The molecule has 0 bridgehead atoms. The van der Waals surface area contributed by atoms with Crippen LogP contribution in [-0.2, 0) is 22.5 Å². The van der Waals surface area contributed by atoms with Crippen molar-refractivity contribution in [1.82, 2.24) is 5.32 Å². The second kappa shape index (κ2) is 7.73. The minimum Gasteiger partial charge on any atom is -0.375 e. The van der Waals surface area contributed by atoms with Crippen molar-refractivity contribution in [2.75, 3.05) is 26.8 Å². The molecular formula is C18H23N2O2S+. The quantitative estimate of drug-likeness (QED) is 0.835. The molecule has 23 heavy (non-hydrogen) atoms. The van der Waals surface area contributed by atoms with Gasteiger partial charge in [-0.2, -0.15) is 0 Å². The van der Waals surface area contributed by atoms with E-state index in [4.69, 9.17) is 4.74 Å². The first-order chi connectivity index (χ1) is 11.3. The molecule has 2 N–H and O–H groups in total. The van der Waals surface area contributed by atoms with Gasteiger partial charge in [-0.25, -0.2) is 0 Å². The number of carbonyl (C=O) groups excluding carboxylic acids is 1. The van der Waals surface area contributed by atoms with E-state index in [1.807, 2.05) is 0 Å². The second-order valence-corrected chi connectivity index (χ2v) is 6.89. The van der Waals surface area contributed by atoms with Gasteiger partial charge in [0.2, 0.25) is 5.91 Å². The van der Waals surface area contributed by atoms with Gasteiger partial charge in [0, 0.05) is 19.1 Å². The summed E-state index contributed by atoms with van der Waals surface area (Å²) in [6.07, 6.45) is 1.10. The zero-order valence-corrected chi connectivity index (χ0v) is 14.2. The number of thiophene rings is 1. The van der Waals surface area contributed by atoms with Crippen LogP contribution < -0.4 is 10.2 Å². The monoisotopic (exact) mass is 331 g/mol. The van der Waals surface area contributed by atoms with Crippen LogP contribution in [-0.4, -0.2) is 32.7 Å². The lowest BCUT2D eigenvalue weighted by Gasteiger charge is -2.32. The summed E-state index contributed by atoms with van der Waals surface area (Å²) >= 11 is 1.77. The molecule has 0 saturated heterocycles. The average molecular weight is 331 g/mol. The maximum atomic E-state index is 11.8. The molecule has 1 amide bonds. The molecule has 1 unspecified atom stereocenters. The first kappa shape index (κ1) is 16.2. The molecule has 1 aromatic carbocycles. The summed E-state index contributed by atoms with van der Waals surface area (Å²) in [4.78, 5) is 14.6. The highest BCUT2D eigenvalue weighted by molar-refractivity contribution is 7.10. The van der Waals surface area contributed by atoms with Crippen LogP contribution in [0.3, 0.4) is 0 Å². The number of amides is 1. The summed E-state index contributed by atoms with van der Waals surface area (Å²) < 4.78 is 4.90. The summed E-state index contributed by atoms with van der Waals surface area (Å²) in [5.74, 6) is -0.0501. The smallest absolute Gasteiger partial charge is 0.246 e. The number of rotatable bonds is 6. The first-order valence-electron chi connectivity index (χ1n) is 7.98. The molecule has 4 nitrogen and oxygen atoms in total. The third-order valence-electron chi connectivity index (χ3n) is 4.41. The summed E-state index contributed by atoms with van der Waals surface area (Å²) in [7, 11) is 1.54. The van der Waals surface area contributed by atoms with E-state index in [1.165, 1.54) is 20.9 Å². The third-order valence-corrected chi connectivity index (χ3v) is 5.40. The highest BCUT2D eigenvalue weighted by Gasteiger charge is 2.29. The molecule has 3 rings (SSSR count). The van der Waals surface area contributed by atoms with Crippen LogP contribution in [0, 0.1) is 0 Å². The van der Waals surface area contributed by atoms with Gasteiger partial charge in [0.25, 0.3) is 0 Å². The molecule has 0 saturated carbocycles. The number of hydrogen-bond donors (Lipinski definition) is 2. The van der Waals surface area contributed by atoms with Gasteiger partial charge in [0.1, 0.15) is 19.2 Å². The van der Waals surface area contributed by atoms with E-state index in [0.29, 0.717) is 12.6 Å².